The number of urea groups is 1. The molecule has 5 rings (SSSR count). The minimum Gasteiger partial charge on any atom is -0.338 e. The highest BCUT2D eigenvalue weighted by atomic mass is 19.1. The Morgan fingerprint density at radius 3 is 2.46 bits per heavy atom. The van der Waals surface area contributed by atoms with Gasteiger partial charge in [0.15, 0.2) is 0 Å². The molecule has 3 N–H and O–H groups in total. The first-order valence-electron chi connectivity index (χ1n) is 11.3. The van der Waals surface area contributed by atoms with Crippen LogP contribution in [0.4, 0.5) is 25.0 Å². The number of fused-ring (bicyclic) bond motifs is 1. The minimum absolute atomic E-state index is 0.0369. The van der Waals surface area contributed by atoms with Crippen molar-refractivity contribution in [1.82, 2.24) is 14.9 Å². The van der Waals surface area contributed by atoms with Crippen molar-refractivity contribution in [1.29, 1.82) is 0 Å². The number of carbonyl (C=O) groups excluding carboxylic acids is 2. The quantitative estimate of drug-likeness (QED) is 0.370. The number of aromatic nitrogens is 2. The van der Waals surface area contributed by atoms with Crippen molar-refractivity contribution < 1.29 is 18.4 Å². The molecule has 9 heteroatoms. The van der Waals surface area contributed by atoms with Gasteiger partial charge in [-0.2, -0.15) is 0 Å². The van der Waals surface area contributed by atoms with Gasteiger partial charge in [-0.25, -0.2) is 18.6 Å². The third-order valence-electron chi connectivity index (χ3n) is 6.11. The van der Waals surface area contributed by atoms with Gasteiger partial charge >= 0.3 is 6.03 Å². The molecule has 1 aromatic heterocycles. The van der Waals surface area contributed by atoms with Gasteiger partial charge in [0.05, 0.1) is 16.6 Å². The van der Waals surface area contributed by atoms with Gasteiger partial charge in [-0.15, -0.1) is 0 Å². The van der Waals surface area contributed by atoms with Crippen LogP contribution in [-0.4, -0.2) is 39.9 Å². The van der Waals surface area contributed by atoms with Crippen molar-refractivity contribution in [2.45, 2.75) is 12.8 Å². The molecule has 1 aliphatic heterocycles. The van der Waals surface area contributed by atoms with Crippen molar-refractivity contribution in [2.75, 3.05) is 23.7 Å². The number of imidazole rings is 1. The molecular formula is C26H23F2N5O2. The van der Waals surface area contributed by atoms with Gasteiger partial charge in [0.1, 0.15) is 17.5 Å². The number of likely N-dealkylation sites (tertiary alicyclic amines) is 1. The first-order chi connectivity index (χ1) is 17.0. The van der Waals surface area contributed by atoms with Gasteiger partial charge in [-0.3, -0.25) is 4.79 Å². The zero-order valence-electron chi connectivity index (χ0n) is 18.7. The maximum absolute atomic E-state index is 14.1. The molecule has 0 saturated carbocycles. The fourth-order valence-corrected chi connectivity index (χ4v) is 4.21. The molecule has 3 amide bonds. The predicted octanol–water partition coefficient (Wildman–Crippen LogP) is 5.39. The van der Waals surface area contributed by atoms with E-state index in [1.807, 2.05) is 30.3 Å². The summed E-state index contributed by atoms with van der Waals surface area (Å²) in [7, 11) is 0. The summed E-state index contributed by atoms with van der Waals surface area (Å²) >= 11 is 0. The normalized spacial score (nSPS) is 14.2. The van der Waals surface area contributed by atoms with Gasteiger partial charge in [0.2, 0.25) is 5.91 Å². The van der Waals surface area contributed by atoms with Crippen LogP contribution >= 0.6 is 0 Å². The number of benzene rings is 3. The first kappa shape index (κ1) is 22.5. The molecule has 35 heavy (non-hydrogen) atoms. The molecule has 2 heterocycles. The summed E-state index contributed by atoms with van der Waals surface area (Å²) in [5, 5.41) is 5.78. The maximum Gasteiger partial charge on any atom is 0.321 e. The smallest absolute Gasteiger partial charge is 0.321 e. The van der Waals surface area contributed by atoms with Crippen LogP contribution in [0.2, 0.25) is 0 Å². The molecule has 0 atom stereocenters. The van der Waals surface area contributed by atoms with Gasteiger partial charge in [0.25, 0.3) is 0 Å². The van der Waals surface area contributed by atoms with E-state index in [-0.39, 0.29) is 29.2 Å². The number of nitrogens with zero attached hydrogens (tertiary/aromatic N) is 2. The lowest BCUT2D eigenvalue weighted by molar-refractivity contribution is -0.121. The van der Waals surface area contributed by atoms with Crippen LogP contribution in [0.25, 0.3) is 22.4 Å². The topological polar surface area (TPSA) is 90.1 Å². The molecule has 0 aliphatic carbocycles. The second kappa shape index (κ2) is 9.54. The van der Waals surface area contributed by atoms with Gasteiger partial charge in [0, 0.05) is 30.4 Å². The highest BCUT2D eigenvalue weighted by Gasteiger charge is 2.27. The van der Waals surface area contributed by atoms with E-state index in [0.717, 1.165) is 23.9 Å². The number of hydrogen-bond acceptors (Lipinski definition) is 3. The number of H-pyrrole nitrogens is 1. The number of nitrogens with one attached hydrogen (secondary N) is 3. The molecule has 1 aliphatic rings. The number of hydrogen-bond donors (Lipinski definition) is 3. The second-order valence-corrected chi connectivity index (χ2v) is 8.49. The van der Waals surface area contributed by atoms with Crippen LogP contribution in [-0.2, 0) is 4.79 Å². The van der Waals surface area contributed by atoms with Crippen LogP contribution in [0.15, 0.2) is 66.7 Å². The standard InChI is InChI=1S/C26H23F2N5O2/c27-17-6-8-21(28)20(14-17)24-31-22-9-7-19(15-23(22)32-24)29-25(34)16-10-12-33(13-11-16)26(35)30-18-4-2-1-3-5-18/h1-9,14-16H,10-13H2,(H,29,34)(H,30,35)(H,31,32). The molecule has 0 unspecified atom stereocenters. The third kappa shape index (κ3) is 4.98. The Morgan fingerprint density at radius 1 is 0.914 bits per heavy atom. The van der Waals surface area contributed by atoms with Crippen molar-refractivity contribution in [3.63, 3.8) is 0 Å². The van der Waals surface area contributed by atoms with E-state index >= 15 is 0 Å². The number of carbonyl (C=O) groups is 2. The fraction of sp³-hybridized carbons (Fsp3) is 0.192. The average Bonchev–Trinajstić information content (AvgIpc) is 3.29. The lowest BCUT2D eigenvalue weighted by Crippen LogP contribution is -2.43. The summed E-state index contributed by atoms with van der Waals surface area (Å²) < 4.78 is 27.7. The number of rotatable bonds is 4. The summed E-state index contributed by atoms with van der Waals surface area (Å²) in [6.45, 7) is 0.970. The Hall–Kier alpha value is -4.27. The number of halogens is 2. The van der Waals surface area contributed by atoms with E-state index in [4.69, 9.17) is 0 Å². The molecule has 1 saturated heterocycles. The monoisotopic (exact) mass is 475 g/mol. The summed E-state index contributed by atoms with van der Waals surface area (Å²) in [6.07, 6.45) is 1.12. The van der Waals surface area contributed by atoms with Gasteiger partial charge in [-0.05, 0) is 61.4 Å². The fourth-order valence-electron chi connectivity index (χ4n) is 4.21. The molecule has 0 radical (unpaired) electrons. The number of anilines is 2. The van der Waals surface area contributed by atoms with Crippen LogP contribution < -0.4 is 10.6 Å². The van der Waals surface area contributed by atoms with E-state index < -0.39 is 11.6 Å². The molecule has 0 spiro atoms. The molecule has 3 aromatic carbocycles. The lowest BCUT2D eigenvalue weighted by atomic mass is 9.96. The van der Waals surface area contributed by atoms with Crippen LogP contribution in [0.1, 0.15) is 12.8 Å². The predicted molar refractivity (Wildman–Crippen MR) is 130 cm³/mol. The van der Waals surface area contributed by atoms with Crippen molar-refractivity contribution >= 4 is 34.3 Å². The average molecular weight is 475 g/mol. The third-order valence-corrected chi connectivity index (χ3v) is 6.11. The molecule has 0 bridgehead atoms. The Balaban J connectivity index is 1.21. The minimum atomic E-state index is -0.581. The van der Waals surface area contributed by atoms with Gasteiger partial charge in [-0.1, -0.05) is 18.2 Å². The Morgan fingerprint density at radius 2 is 1.69 bits per heavy atom. The zero-order valence-corrected chi connectivity index (χ0v) is 18.7. The van der Waals surface area contributed by atoms with Crippen LogP contribution in [0.5, 0.6) is 0 Å². The summed E-state index contributed by atoms with van der Waals surface area (Å²) in [5.41, 5.74) is 2.50. The first-order valence-corrected chi connectivity index (χ1v) is 11.3. The molecule has 178 valence electrons. The maximum atomic E-state index is 14.1. The van der Waals surface area contributed by atoms with Crippen LogP contribution in [0, 0.1) is 17.6 Å². The highest BCUT2D eigenvalue weighted by molar-refractivity contribution is 5.95. The Labute approximate surface area is 200 Å². The van der Waals surface area contributed by atoms with E-state index in [1.54, 1.807) is 23.1 Å². The van der Waals surface area contributed by atoms with Crippen LogP contribution in [0.3, 0.4) is 0 Å². The molecular weight excluding hydrogens is 452 g/mol. The van der Waals surface area contributed by atoms with E-state index in [9.17, 15) is 18.4 Å². The lowest BCUT2D eigenvalue weighted by Gasteiger charge is -2.31. The van der Waals surface area contributed by atoms with Crippen molar-refractivity contribution in [2.24, 2.45) is 5.92 Å². The second-order valence-electron chi connectivity index (χ2n) is 8.49. The summed E-state index contributed by atoms with van der Waals surface area (Å²) in [5.74, 6) is -1.27. The van der Waals surface area contributed by atoms with Crippen molar-refractivity contribution in [3.05, 3.63) is 78.4 Å². The summed E-state index contributed by atoms with van der Waals surface area (Å²) in [6, 6.07) is 17.4. The Kier molecular flexibility index (Phi) is 6.13. The van der Waals surface area contributed by atoms with Crippen molar-refractivity contribution in [3.8, 4) is 11.4 Å². The molecule has 4 aromatic rings. The van der Waals surface area contributed by atoms with E-state index in [1.165, 1.54) is 0 Å². The van der Waals surface area contributed by atoms with Gasteiger partial charge < -0.3 is 20.5 Å². The number of piperidine rings is 1. The summed E-state index contributed by atoms with van der Waals surface area (Å²) in [4.78, 5) is 34.3. The Bertz CT molecular complexity index is 1380. The number of aromatic amines is 1. The zero-order chi connectivity index (χ0) is 24.4. The molecule has 1 fully saturated rings. The molecule has 7 nitrogen and oxygen atoms in total. The number of para-hydroxylation sites is 1. The SMILES string of the molecule is O=C(Nc1ccc2nc(-c3cc(F)ccc3F)[nH]c2c1)C1CCN(C(=O)Nc2ccccc2)CC1. The largest absolute Gasteiger partial charge is 0.338 e. The van der Waals surface area contributed by atoms with E-state index in [0.29, 0.717) is 42.7 Å². The van der Waals surface area contributed by atoms with E-state index in [2.05, 4.69) is 20.6 Å². The highest BCUT2D eigenvalue weighted by Crippen LogP contribution is 2.26. The number of amides is 3.